The molecule has 0 aromatic heterocycles. The minimum atomic E-state index is -1.01. The van der Waals surface area contributed by atoms with Gasteiger partial charge in [-0.05, 0) is 40.4 Å². The number of aryl methyl sites for hydroxylation is 1. The van der Waals surface area contributed by atoms with Crippen molar-refractivity contribution in [2.75, 3.05) is 0 Å². The first-order valence-electron chi connectivity index (χ1n) is 6.30. The van der Waals surface area contributed by atoms with E-state index in [-0.39, 0.29) is 17.5 Å². The fourth-order valence-electron chi connectivity index (χ4n) is 2.70. The number of rotatable bonds is 3. The van der Waals surface area contributed by atoms with E-state index < -0.39 is 10.6 Å². The number of nitro groups is 1. The second-order valence-corrected chi connectivity index (χ2v) is 5.84. The summed E-state index contributed by atoms with van der Waals surface area (Å²) in [6.07, 6.45) is 0.985. The van der Waals surface area contributed by atoms with Crippen molar-refractivity contribution in [3.63, 3.8) is 0 Å². The molecule has 21 heavy (non-hydrogen) atoms. The van der Waals surface area contributed by atoms with Gasteiger partial charge in [0.2, 0.25) is 11.8 Å². The number of benzene rings is 1. The first kappa shape index (κ1) is 15.4. The lowest BCUT2D eigenvalue weighted by Crippen LogP contribution is -2.55. The van der Waals surface area contributed by atoms with Gasteiger partial charge in [0.25, 0.3) is 5.69 Å². The molecule has 0 aliphatic heterocycles. The molecule has 0 bridgehead atoms. The van der Waals surface area contributed by atoms with Crippen molar-refractivity contribution in [2.24, 2.45) is 0 Å². The first-order valence-corrected chi connectivity index (χ1v) is 7.09. The number of halogens is 1. The Hall–Kier alpha value is -1.96. The van der Waals surface area contributed by atoms with Gasteiger partial charge in [0.05, 0.1) is 9.40 Å². The molecule has 0 unspecified atom stereocenters. The van der Waals surface area contributed by atoms with Crippen LogP contribution in [0.4, 0.5) is 5.69 Å². The number of nitrogens with one attached hydrogen (secondary N) is 2. The number of carbonyl (C=O) groups is 2. The molecule has 7 nitrogen and oxygen atoms in total. The summed E-state index contributed by atoms with van der Waals surface area (Å²) in [7, 11) is 0. The molecule has 8 heteroatoms. The Balaban J connectivity index is 2.55. The third-order valence-corrected chi connectivity index (χ3v) is 4.01. The highest BCUT2D eigenvalue weighted by Crippen LogP contribution is 2.40. The molecule has 0 heterocycles. The van der Waals surface area contributed by atoms with E-state index in [0.29, 0.717) is 22.9 Å². The molecular formula is C13H14BrN3O4. The van der Waals surface area contributed by atoms with Gasteiger partial charge in [0.1, 0.15) is 5.66 Å². The molecule has 0 saturated heterocycles. The van der Waals surface area contributed by atoms with Crippen LogP contribution in [0.3, 0.4) is 0 Å². The van der Waals surface area contributed by atoms with Crippen LogP contribution in [0, 0.1) is 10.1 Å². The molecule has 1 aliphatic carbocycles. The van der Waals surface area contributed by atoms with E-state index >= 15 is 0 Å². The lowest BCUT2D eigenvalue weighted by molar-refractivity contribution is -0.385. The number of nitro benzene ring substituents is 1. The molecule has 112 valence electrons. The highest BCUT2D eigenvalue weighted by Gasteiger charge is 2.41. The molecule has 2 amide bonds. The molecule has 0 saturated carbocycles. The van der Waals surface area contributed by atoms with Crippen molar-refractivity contribution < 1.29 is 14.5 Å². The Morgan fingerprint density at radius 1 is 1.29 bits per heavy atom. The van der Waals surface area contributed by atoms with E-state index in [2.05, 4.69) is 26.6 Å². The van der Waals surface area contributed by atoms with E-state index in [1.54, 1.807) is 6.07 Å². The molecule has 0 spiro atoms. The van der Waals surface area contributed by atoms with Crippen LogP contribution in [0.25, 0.3) is 0 Å². The van der Waals surface area contributed by atoms with Crippen molar-refractivity contribution in [1.82, 2.24) is 10.6 Å². The monoisotopic (exact) mass is 355 g/mol. The van der Waals surface area contributed by atoms with Gasteiger partial charge in [-0.15, -0.1) is 0 Å². The molecule has 0 atom stereocenters. The predicted octanol–water partition coefficient (Wildman–Crippen LogP) is 1.73. The first-order chi connectivity index (χ1) is 9.75. The smallest absolute Gasteiger partial charge is 0.283 e. The lowest BCUT2D eigenvalue weighted by atomic mass is 10.0. The molecule has 0 radical (unpaired) electrons. The van der Waals surface area contributed by atoms with E-state index in [1.807, 2.05) is 0 Å². The van der Waals surface area contributed by atoms with E-state index in [9.17, 15) is 19.7 Å². The zero-order valence-corrected chi connectivity index (χ0v) is 13.1. The Kier molecular flexibility index (Phi) is 3.99. The van der Waals surface area contributed by atoms with Crippen molar-refractivity contribution >= 4 is 33.4 Å². The number of amides is 2. The van der Waals surface area contributed by atoms with Crippen LogP contribution in [0.1, 0.15) is 31.4 Å². The highest BCUT2D eigenvalue weighted by molar-refractivity contribution is 9.10. The molecule has 2 rings (SSSR count). The van der Waals surface area contributed by atoms with Gasteiger partial charge in [-0.25, -0.2) is 0 Å². The Bertz CT molecular complexity index is 629. The molecular weight excluding hydrogens is 342 g/mol. The normalized spacial score (nSPS) is 15.2. The molecule has 1 aromatic carbocycles. The summed E-state index contributed by atoms with van der Waals surface area (Å²) in [5.74, 6) is -0.572. The topological polar surface area (TPSA) is 101 Å². The van der Waals surface area contributed by atoms with Gasteiger partial charge < -0.3 is 10.6 Å². The summed E-state index contributed by atoms with van der Waals surface area (Å²) < 4.78 is 0.313. The SMILES string of the molecule is CC(=O)NC1(NC(C)=O)CCc2cc([N+](=O)[O-])c(Br)cc21. The largest absolute Gasteiger partial charge is 0.330 e. The maximum absolute atomic E-state index is 11.5. The number of carbonyl (C=O) groups excluding carboxylic acids is 2. The third kappa shape index (κ3) is 2.90. The van der Waals surface area contributed by atoms with Crippen LogP contribution < -0.4 is 10.6 Å². The number of hydrogen-bond acceptors (Lipinski definition) is 4. The van der Waals surface area contributed by atoms with Crippen LogP contribution in [-0.2, 0) is 21.7 Å². The summed E-state index contributed by atoms with van der Waals surface area (Å²) in [5.41, 5.74) is 0.373. The summed E-state index contributed by atoms with van der Waals surface area (Å²) in [6.45, 7) is 2.73. The Morgan fingerprint density at radius 3 is 2.33 bits per heavy atom. The molecule has 0 fully saturated rings. The van der Waals surface area contributed by atoms with E-state index in [1.165, 1.54) is 19.9 Å². The summed E-state index contributed by atoms with van der Waals surface area (Å²) in [4.78, 5) is 33.5. The molecule has 1 aromatic rings. The van der Waals surface area contributed by atoms with Crippen molar-refractivity contribution in [1.29, 1.82) is 0 Å². The third-order valence-electron chi connectivity index (χ3n) is 3.38. The fourth-order valence-corrected chi connectivity index (χ4v) is 3.19. The Morgan fingerprint density at radius 2 is 1.86 bits per heavy atom. The average Bonchev–Trinajstić information content (AvgIpc) is 2.65. The van der Waals surface area contributed by atoms with Crippen LogP contribution >= 0.6 is 15.9 Å². The van der Waals surface area contributed by atoms with Gasteiger partial charge in [0.15, 0.2) is 0 Å². The van der Waals surface area contributed by atoms with Gasteiger partial charge in [0, 0.05) is 25.5 Å². The maximum atomic E-state index is 11.5. The minimum absolute atomic E-state index is 0.0322. The van der Waals surface area contributed by atoms with Gasteiger partial charge in [-0.1, -0.05) is 0 Å². The maximum Gasteiger partial charge on any atom is 0.283 e. The van der Waals surface area contributed by atoms with Crippen LogP contribution in [-0.4, -0.2) is 16.7 Å². The quantitative estimate of drug-likeness (QED) is 0.489. The summed E-state index contributed by atoms with van der Waals surface area (Å²) in [6, 6.07) is 3.07. The summed E-state index contributed by atoms with van der Waals surface area (Å²) >= 11 is 3.17. The number of hydrogen-bond donors (Lipinski definition) is 2. The van der Waals surface area contributed by atoms with Crippen molar-refractivity contribution in [3.05, 3.63) is 37.8 Å². The lowest BCUT2D eigenvalue weighted by Gasteiger charge is -2.32. The van der Waals surface area contributed by atoms with Gasteiger partial charge in [-0.3, -0.25) is 19.7 Å². The van der Waals surface area contributed by atoms with Crippen LogP contribution in [0.2, 0.25) is 0 Å². The number of fused-ring (bicyclic) bond motifs is 1. The number of nitrogens with zero attached hydrogens (tertiary/aromatic N) is 1. The van der Waals surface area contributed by atoms with Crippen LogP contribution in [0.15, 0.2) is 16.6 Å². The van der Waals surface area contributed by atoms with E-state index in [4.69, 9.17) is 0 Å². The average molecular weight is 356 g/mol. The van der Waals surface area contributed by atoms with Crippen molar-refractivity contribution in [3.8, 4) is 0 Å². The van der Waals surface area contributed by atoms with Crippen molar-refractivity contribution in [2.45, 2.75) is 32.4 Å². The van der Waals surface area contributed by atoms with Gasteiger partial charge >= 0.3 is 0 Å². The Labute approximate surface area is 129 Å². The molecule has 1 aliphatic rings. The van der Waals surface area contributed by atoms with E-state index in [0.717, 1.165) is 5.56 Å². The zero-order valence-electron chi connectivity index (χ0n) is 11.5. The zero-order chi connectivity index (χ0) is 15.8. The fraction of sp³-hybridized carbons (Fsp3) is 0.385. The second kappa shape index (κ2) is 5.44. The predicted molar refractivity (Wildman–Crippen MR) is 78.4 cm³/mol. The standard InChI is InChI=1S/C13H14BrN3O4/c1-7(18)15-13(16-8(2)19)4-3-9-5-12(17(20)21)11(14)6-10(9)13/h5-6H,3-4H2,1-2H3,(H,15,18)(H,16,19). The highest BCUT2D eigenvalue weighted by atomic mass is 79.9. The second-order valence-electron chi connectivity index (χ2n) is 4.99. The minimum Gasteiger partial charge on any atom is -0.330 e. The molecule has 2 N–H and O–H groups in total. The van der Waals surface area contributed by atoms with Crippen LogP contribution in [0.5, 0.6) is 0 Å². The summed E-state index contributed by atoms with van der Waals surface area (Å²) in [5, 5.41) is 16.5. The van der Waals surface area contributed by atoms with Gasteiger partial charge in [-0.2, -0.15) is 0 Å².